The van der Waals surface area contributed by atoms with Crippen molar-refractivity contribution in [2.24, 2.45) is 17.6 Å². The van der Waals surface area contributed by atoms with E-state index in [0.29, 0.717) is 17.5 Å². The zero-order chi connectivity index (χ0) is 30.7. The molecule has 3 aliphatic rings. The number of nitrogens with zero attached hydrogens (tertiary/aromatic N) is 2. The van der Waals surface area contributed by atoms with Gasteiger partial charge in [-0.2, -0.15) is 0 Å². The van der Waals surface area contributed by atoms with E-state index in [-0.39, 0.29) is 29.7 Å². The Morgan fingerprint density at radius 1 is 1.05 bits per heavy atom. The Morgan fingerprint density at radius 2 is 1.71 bits per heavy atom. The van der Waals surface area contributed by atoms with Crippen LogP contribution in [0.3, 0.4) is 0 Å². The largest absolute Gasteiger partial charge is 0.508 e. The van der Waals surface area contributed by atoms with Gasteiger partial charge >= 0.3 is 0 Å². The number of hydrogen-bond donors (Lipinski definition) is 5. The molecule has 42 heavy (non-hydrogen) atoms. The number of ketones is 2. The second kappa shape index (κ2) is 10.6. The van der Waals surface area contributed by atoms with E-state index in [2.05, 4.69) is 0 Å². The van der Waals surface area contributed by atoms with Gasteiger partial charge in [0.2, 0.25) is 5.78 Å². The van der Waals surface area contributed by atoms with Gasteiger partial charge < -0.3 is 31.1 Å². The van der Waals surface area contributed by atoms with Gasteiger partial charge in [0, 0.05) is 31.3 Å². The smallest absolute Gasteiger partial charge is 0.255 e. The number of carbonyl (C=O) groups excluding carboxylic acids is 3. The van der Waals surface area contributed by atoms with Crippen LogP contribution >= 0.6 is 0 Å². The van der Waals surface area contributed by atoms with Gasteiger partial charge in [-0.1, -0.05) is 30.3 Å². The molecular formula is C32H37N3O7. The lowest BCUT2D eigenvalue weighted by molar-refractivity contribution is -0.153. The van der Waals surface area contributed by atoms with Crippen molar-refractivity contribution in [3.63, 3.8) is 0 Å². The fourth-order valence-corrected chi connectivity index (χ4v) is 7.06. The predicted molar refractivity (Wildman–Crippen MR) is 157 cm³/mol. The molecule has 0 radical (unpaired) electrons. The summed E-state index contributed by atoms with van der Waals surface area (Å²) in [6.45, 7) is 0. The van der Waals surface area contributed by atoms with Crippen molar-refractivity contribution in [2.45, 2.75) is 43.7 Å². The lowest BCUT2D eigenvalue weighted by atomic mass is 9.57. The molecule has 4 unspecified atom stereocenters. The number of anilines is 1. The number of aliphatic hydroxyl groups excluding tert-OH is 2. The number of rotatable bonds is 7. The number of likely N-dealkylation sites (N-methyl/N-ethyl adjacent to an activating group) is 1. The van der Waals surface area contributed by atoms with Gasteiger partial charge in [0.1, 0.15) is 22.8 Å². The zero-order valence-corrected chi connectivity index (χ0v) is 24.2. The summed E-state index contributed by atoms with van der Waals surface area (Å²) in [4.78, 5) is 42.9. The summed E-state index contributed by atoms with van der Waals surface area (Å²) in [6, 6.07) is 10.8. The van der Waals surface area contributed by atoms with Crippen LogP contribution in [0.15, 0.2) is 53.3 Å². The molecule has 222 valence electrons. The Hall–Kier alpha value is -4.15. The van der Waals surface area contributed by atoms with Crippen LogP contribution in [0.25, 0.3) is 5.76 Å². The highest BCUT2D eigenvalue weighted by Crippen LogP contribution is 2.54. The Labute approximate surface area is 244 Å². The summed E-state index contributed by atoms with van der Waals surface area (Å²) in [5, 5.41) is 45.9. The monoisotopic (exact) mass is 575 g/mol. The van der Waals surface area contributed by atoms with Crippen molar-refractivity contribution in [2.75, 3.05) is 33.1 Å². The van der Waals surface area contributed by atoms with Crippen LogP contribution in [-0.2, 0) is 33.6 Å². The normalized spacial score (nSPS) is 25.3. The van der Waals surface area contributed by atoms with Gasteiger partial charge in [-0.3, -0.25) is 19.3 Å². The van der Waals surface area contributed by atoms with E-state index < -0.39 is 58.0 Å². The first-order valence-electron chi connectivity index (χ1n) is 14.0. The number of Topliss-reactive ketones (excluding diaryl/α,β-unsaturated/α-hetero) is 2. The van der Waals surface area contributed by atoms with Crippen LogP contribution in [-0.4, -0.2) is 82.6 Å². The second-order valence-electron chi connectivity index (χ2n) is 12.0. The number of benzene rings is 2. The number of nitrogens with two attached hydrogens (primary N) is 1. The minimum Gasteiger partial charge on any atom is -0.508 e. The van der Waals surface area contributed by atoms with Gasteiger partial charge in [0.05, 0.1) is 11.6 Å². The molecular weight excluding hydrogens is 538 g/mol. The first-order valence-corrected chi connectivity index (χ1v) is 14.0. The molecule has 4 atom stereocenters. The first-order chi connectivity index (χ1) is 19.8. The molecule has 0 heterocycles. The van der Waals surface area contributed by atoms with Crippen molar-refractivity contribution < 1.29 is 34.8 Å². The fourth-order valence-electron chi connectivity index (χ4n) is 7.06. The van der Waals surface area contributed by atoms with Crippen molar-refractivity contribution in [1.29, 1.82) is 0 Å². The van der Waals surface area contributed by atoms with E-state index in [9.17, 15) is 34.8 Å². The molecule has 5 rings (SSSR count). The zero-order valence-electron chi connectivity index (χ0n) is 24.2. The third kappa shape index (κ3) is 4.37. The van der Waals surface area contributed by atoms with Crippen LogP contribution in [0.1, 0.15) is 35.1 Å². The Bertz CT molecular complexity index is 1540. The average Bonchev–Trinajstić information content (AvgIpc) is 2.92. The topological polar surface area (TPSA) is 165 Å². The summed E-state index contributed by atoms with van der Waals surface area (Å²) in [7, 11) is 6.87. The molecule has 1 fully saturated rings. The van der Waals surface area contributed by atoms with E-state index in [1.165, 1.54) is 4.90 Å². The molecule has 2 aromatic rings. The Balaban J connectivity index is 1.63. The number of amides is 1. The van der Waals surface area contributed by atoms with Gasteiger partial charge in [0.25, 0.3) is 5.91 Å². The number of primary amides is 1. The van der Waals surface area contributed by atoms with Crippen molar-refractivity contribution >= 4 is 28.9 Å². The average molecular weight is 576 g/mol. The van der Waals surface area contributed by atoms with E-state index in [1.807, 2.05) is 55.4 Å². The molecule has 0 aliphatic heterocycles. The van der Waals surface area contributed by atoms with E-state index in [1.54, 1.807) is 14.1 Å². The number of fused-ring (bicyclic) bond motifs is 3. The standard InChI is InChI=1S/C32H37N3O7/c1-34(2)21-15-17(12-8-11-16-9-6-5-7-10-16)26(36)23-19(21)13-18-14-20-25(35(3)4)28(38)24(31(33)41)30(40)32(20,42)29(39)22(18)27(23)37/h5-7,9-10,15,18,20,25,36-37,40,42H,8,11-14H2,1-4H3,(H2,33,41). The maximum absolute atomic E-state index is 14.1. The second-order valence-corrected chi connectivity index (χ2v) is 12.0. The van der Waals surface area contributed by atoms with Gasteiger partial charge in [0.15, 0.2) is 11.4 Å². The van der Waals surface area contributed by atoms with E-state index in [4.69, 9.17) is 5.73 Å². The molecule has 0 saturated heterocycles. The van der Waals surface area contributed by atoms with Crippen LogP contribution < -0.4 is 10.6 Å². The number of hydrogen-bond acceptors (Lipinski definition) is 9. The molecule has 1 amide bonds. The van der Waals surface area contributed by atoms with Crippen LogP contribution in [0.2, 0.25) is 0 Å². The summed E-state index contributed by atoms with van der Waals surface area (Å²) < 4.78 is 0. The van der Waals surface area contributed by atoms with Gasteiger partial charge in [-0.05, 0) is 74.9 Å². The maximum Gasteiger partial charge on any atom is 0.255 e. The predicted octanol–water partition coefficient (Wildman–Crippen LogP) is 2.21. The SMILES string of the molecule is CN(C)c1cc(CCCc2ccccc2)c(O)c2c1CC1CC3C(N(C)C)C(=O)C(C(N)=O)=C(O)C3(O)C(=O)C1=C2O. The maximum atomic E-state index is 14.1. The third-order valence-corrected chi connectivity index (χ3v) is 9.01. The molecule has 10 heteroatoms. The molecule has 1 saturated carbocycles. The number of aromatic hydroxyl groups is 1. The van der Waals surface area contributed by atoms with Gasteiger partial charge in [-0.25, -0.2) is 0 Å². The number of aliphatic hydroxyl groups is 3. The van der Waals surface area contributed by atoms with Gasteiger partial charge in [-0.15, -0.1) is 0 Å². The summed E-state index contributed by atoms with van der Waals surface area (Å²) >= 11 is 0. The lowest BCUT2D eigenvalue weighted by Gasteiger charge is -2.50. The van der Waals surface area contributed by atoms with Crippen LogP contribution in [0.4, 0.5) is 5.69 Å². The Kier molecular flexibility index (Phi) is 7.40. The minimum atomic E-state index is -2.65. The molecule has 0 aromatic heterocycles. The van der Waals surface area contributed by atoms with Crippen LogP contribution in [0, 0.1) is 11.8 Å². The highest BCUT2D eigenvalue weighted by Gasteiger charge is 2.64. The van der Waals surface area contributed by atoms with Crippen molar-refractivity contribution in [3.05, 3.63) is 75.6 Å². The first kappa shape index (κ1) is 29.3. The molecule has 6 N–H and O–H groups in total. The quantitative estimate of drug-likeness (QED) is 0.311. The van der Waals surface area contributed by atoms with E-state index >= 15 is 0 Å². The summed E-state index contributed by atoms with van der Waals surface area (Å²) in [5.74, 6) is -6.47. The molecule has 2 aromatic carbocycles. The molecule has 10 nitrogen and oxygen atoms in total. The molecule has 3 aliphatic carbocycles. The Morgan fingerprint density at radius 3 is 2.31 bits per heavy atom. The number of aryl methyl sites for hydroxylation is 2. The summed E-state index contributed by atoms with van der Waals surface area (Å²) in [5.41, 5.74) is 5.08. The third-order valence-electron chi connectivity index (χ3n) is 9.01. The number of carbonyl (C=O) groups is 3. The molecule has 0 spiro atoms. The summed E-state index contributed by atoms with van der Waals surface area (Å²) in [6.07, 6.45) is 2.34. The number of phenols is 1. The highest BCUT2D eigenvalue weighted by molar-refractivity contribution is 6.24. The van der Waals surface area contributed by atoms with Crippen molar-refractivity contribution in [1.82, 2.24) is 4.90 Å². The van der Waals surface area contributed by atoms with E-state index in [0.717, 1.165) is 24.1 Å². The molecule has 0 bridgehead atoms. The lowest BCUT2D eigenvalue weighted by Crippen LogP contribution is -2.65. The highest BCUT2D eigenvalue weighted by atomic mass is 16.3. The minimum absolute atomic E-state index is 0.0538. The van der Waals surface area contributed by atoms with Crippen LogP contribution in [0.5, 0.6) is 5.75 Å². The fraction of sp³-hybridized carbons (Fsp3) is 0.406. The van der Waals surface area contributed by atoms with Crippen molar-refractivity contribution in [3.8, 4) is 5.75 Å². The number of phenolic OH excluding ortho intramolecular Hbond substituents is 1.